The summed E-state index contributed by atoms with van der Waals surface area (Å²) >= 11 is 0.396. The second kappa shape index (κ2) is 16.5. The van der Waals surface area contributed by atoms with Gasteiger partial charge < -0.3 is 4.99 Å². The first kappa shape index (κ1) is 30.1. The SMILES string of the molecule is Cc1cc(C)c(N=Cc2[c-]cccc2)c(C)c1.[Cl][Pd+].c1cc[c]([Sb]([c]2ccccc2)[c]2ccccc2)cc1. The van der Waals surface area contributed by atoms with Crippen molar-refractivity contribution in [2.75, 3.05) is 0 Å². The molecule has 0 aliphatic rings. The molecular weight excluding hydrogens is 686 g/mol. The molecule has 0 saturated heterocycles. The van der Waals surface area contributed by atoms with E-state index >= 15 is 0 Å². The van der Waals surface area contributed by atoms with E-state index in [4.69, 9.17) is 0 Å². The Hall–Kier alpha value is -2.46. The average Bonchev–Trinajstić information content (AvgIpc) is 2.96. The summed E-state index contributed by atoms with van der Waals surface area (Å²) in [6, 6.07) is 48.2. The monoisotopic (exact) mass is 715 g/mol. The summed E-state index contributed by atoms with van der Waals surface area (Å²) in [5.74, 6) is 0. The van der Waals surface area contributed by atoms with Crippen LogP contribution in [0.3, 0.4) is 0 Å². The topological polar surface area (TPSA) is 12.4 Å². The molecular formula is C34H31ClNPdSb. The molecule has 0 fully saturated rings. The van der Waals surface area contributed by atoms with E-state index in [0.717, 1.165) is 11.3 Å². The van der Waals surface area contributed by atoms with Crippen molar-refractivity contribution in [2.45, 2.75) is 20.8 Å². The molecule has 38 heavy (non-hydrogen) atoms. The minimum absolute atomic E-state index is 1.01. The zero-order valence-electron chi connectivity index (χ0n) is 21.8. The van der Waals surface area contributed by atoms with Gasteiger partial charge in [0.25, 0.3) is 0 Å². The average molecular weight is 717 g/mol. The molecule has 5 rings (SSSR count). The summed E-state index contributed by atoms with van der Waals surface area (Å²) in [6.07, 6.45) is 1.87. The Balaban J connectivity index is 0.000000199. The summed E-state index contributed by atoms with van der Waals surface area (Å²) in [4.78, 5) is 4.56. The zero-order chi connectivity index (χ0) is 27.2. The van der Waals surface area contributed by atoms with Gasteiger partial charge in [-0.25, -0.2) is 0 Å². The van der Waals surface area contributed by atoms with E-state index in [9.17, 15) is 0 Å². The molecule has 5 aromatic carbocycles. The number of hydrogen-bond donors (Lipinski definition) is 0. The molecule has 0 N–H and O–H groups in total. The van der Waals surface area contributed by atoms with Gasteiger partial charge in [0, 0.05) is 0 Å². The van der Waals surface area contributed by atoms with Crippen LogP contribution in [0.4, 0.5) is 5.69 Å². The fourth-order valence-corrected chi connectivity index (χ4v) is 10.8. The molecule has 0 aliphatic carbocycles. The van der Waals surface area contributed by atoms with Crippen molar-refractivity contribution in [2.24, 2.45) is 4.99 Å². The van der Waals surface area contributed by atoms with Gasteiger partial charge in [-0.15, -0.1) is 35.9 Å². The summed E-state index contributed by atoms with van der Waals surface area (Å²) in [5, 5.41) is 0. The summed E-state index contributed by atoms with van der Waals surface area (Å²) in [6.45, 7) is 6.31. The number of halogens is 1. The third-order valence-electron chi connectivity index (χ3n) is 5.74. The third kappa shape index (κ3) is 9.08. The van der Waals surface area contributed by atoms with Crippen LogP contribution in [-0.2, 0) is 18.2 Å². The molecule has 0 saturated carbocycles. The maximum absolute atomic E-state index is 4.56. The molecule has 5 aromatic rings. The molecule has 194 valence electrons. The van der Waals surface area contributed by atoms with Gasteiger partial charge in [-0.2, -0.15) is 0 Å². The molecule has 0 radical (unpaired) electrons. The van der Waals surface area contributed by atoms with Crippen molar-refractivity contribution < 1.29 is 18.2 Å². The maximum atomic E-state index is 4.56. The van der Waals surface area contributed by atoms with E-state index in [-0.39, 0.29) is 0 Å². The number of rotatable bonds is 5. The number of hydrogen-bond acceptors (Lipinski definition) is 1. The van der Waals surface area contributed by atoms with Crippen molar-refractivity contribution in [1.29, 1.82) is 0 Å². The number of aliphatic imine (C=N–C) groups is 1. The number of aryl methyl sites for hydroxylation is 3. The Morgan fingerprint density at radius 2 is 1.05 bits per heavy atom. The zero-order valence-corrected chi connectivity index (χ0v) is 26.7. The normalized spacial score (nSPS) is 10.4. The van der Waals surface area contributed by atoms with Gasteiger partial charge in [0.15, 0.2) is 0 Å². The predicted octanol–water partition coefficient (Wildman–Crippen LogP) is 7.05. The molecule has 0 aliphatic heterocycles. The van der Waals surface area contributed by atoms with Gasteiger partial charge in [0.2, 0.25) is 0 Å². The molecule has 0 amide bonds. The quantitative estimate of drug-likeness (QED) is 0.105. The van der Waals surface area contributed by atoms with Crippen LogP contribution in [0.1, 0.15) is 22.3 Å². The molecule has 0 unspecified atom stereocenters. The second-order valence-electron chi connectivity index (χ2n) is 8.67. The fraction of sp³-hybridized carbons (Fsp3) is 0.0882. The Kier molecular flexibility index (Phi) is 13.1. The van der Waals surface area contributed by atoms with E-state index in [0.29, 0.717) is 0 Å². The van der Waals surface area contributed by atoms with Crippen LogP contribution in [0.25, 0.3) is 0 Å². The van der Waals surface area contributed by atoms with Gasteiger partial charge in [-0.1, -0.05) is 17.7 Å². The van der Waals surface area contributed by atoms with Crippen molar-refractivity contribution in [3.63, 3.8) is 0 Å². The van der Waals surface area contributed by atoms with Crippen LogP contribution in [0.2, 0.25) is 0 Å². The minimum atomic E-state index is -1.83. The van der Waals surface area contributed by atoms with Crippen LogP contribution in [-0.4, -0.2) is 26.4 Å². The van der Waals surface area contributed by atoms with Crippen LogP contribution in [0.15, 0.2) is 132 Å². The molecule has 0 bridgehead atoms. The van der Waals surface area contributed by atoms with Crippen molar-refractivity contribution >= 4 is 52.2 Å². The van der Waals surface area contributed by atoms with Crippen molar-refractivity contribution in [3.8, 4) is 0 Å². The van der Waals surface area contributed by atoms with Crippen LogP contribution >= 0.6 is 9.53 Å². The van der Waals surface area contributed by atoms with E-state index < -0.39 is 20.2 Å². The second-order valence-corrected chi connectivity index (χ2v) is 15.0. The Labute approximate surface area is 250 Å². The van der Waals surface area contributed by atoms with Gasteiger partial charge in [-0.3, -0.25) is 0 Å². The third-order valence-corrected chi connectivity index (χ3v) is 12.7. The Morgan fingerprint density at radius 1 is 0.632 bits per heavy atom. The molecule has 0 spiro atoms. The standard InChI is InChI=1S/C16H16N.3C6H5.ClH.Pd.Sb/c1-12-9-13(2)16(14(3)10-12)17-11-15-7-5-4-6-8-15;3*1-2-4-6-5-3-1;;;/h4-7,9-11H,1-3H3;3*1-5H;1H;;/q-1;;;;;+2;/p-1. The fourth-order valence-electron chi connectivity index (χ4n) is 4.18. The van der Waals surface area contributed by atoms with Crippen molar-refractivity contribution in [1.82, 2.24) is 0 Å². The Morgan fingerprint density at radius 3 is 1.45 bits per heavy atom. The molecule has 0 atom stereocenters. The molecule has 4 heteroatoms. The first-order chi connectivity index (χ1) is 18.6. The number of benzene rings is 5. The van der Waals surface area contributed by atoms with E-state index in [1.165, 1.54) is 27.2 Å². The molecule has 1 nitrogen and oxygen atoms in total. The number of nitrogens with zero attached hydrogens (tertiary/aromatic N) is 1. The van der Waals surface area contributed by atoms with Crippen LogP contribution < -0.4 is 10.5 Å². The van der Waals surface area contributed by atoms with Crippen molar-refractivity contribution in [3.05, 3.63) is 156 Å². The van der Waals surface area contributed by atoms with Gasteiger partial charge in [0.1, 0.15) is 0 Å². The van der Waals surface area contributed by atoms with Crippen LogP contribution in [0.5, 0.6) is 0 Å². The van der Waals surface area contributed by atoms with Crippen LogP contribution in [0, 0.1) is 26.8 Å². The van der Waals surface area contributed by atoms with Gasteiger partial charge >= 0.3 is 149 Å². The van der Waals surface area contributed by atoms with E-state index in [1.54, 1.807) is 0 Å². The first-order valence-corrected chi connectivity index (χ1v) is 18.1. The predicted molar refractivity (Wildman–Crippen MR) is 163 cm³/mol. The van der Waals surface area contributed by atoms with Gasteiger partial charge in [0.05, 0.1) is 5.69 Å². The van der Waals surface area contributed by atoms with Gasteiger partial charge in [-0.05, 0) is 38.1 Å². The Bertz CT molecular complexity index is 1280. The summed E-state index contributed by atoms with van der Waals surface area (Å²) in [5.41, 5.74) is 5.79. The molecule has 0 aromatic heterocycles. The summed E-state index contributed by atoms with van der Waals surface area (Å²) in [7, 11) is 4.49. The summed E-state index contributed by atoms with van der Waals surface area (Å²) < 4.78 is 4.55. The van der Waals surface area contributed by atoms with E-state index in [1.807, 2.05) is 30.5 Å². The molecule has 0 heterocycles. The van der Waals surface area contributed by atoms with E-state index in [2.05, 4.69) is 163 Å². The first-order valence-electron chi connectivity index (χ1n) is 12.3.